The second-order valence-electron chi connectivity index (χ2n) is 2.63. The van der Waals surface area contributed by atoms with Gasteiger partial charge in [0, 0.05) is 6.20 Å². The van der Waals surface area contributed by atoms with Gasteiger partial charge in [0.15, 0.2) is 0 Å². The van der Waals surface area contributed by atoms with Gasteiger partial charge in [-0.05, 0) is 12.1 Å². The van der Waals surface area contributed by atoms with Crippen molar-refractivity contribution in [2.75, 3.05) is 5.32 Å². The van der Waals surface area contributed by atoms with Gasteiger partial charge in [0.2, 0.25) is 5.91 Å². The fourth-order valence-electron chi connectivity index (χ4n) is 0.946. The minimum atomic E-state index is -1.15. The Morgan fingerprint density at radius 3 is 2.93 bits per heavy atom. The van der Waals surface area contributed by atoms with Crippen molar-refractivity contribution in [2.45, 2.75) is 6.42 Å². The van der Waals surface area contributed by atoms with Crippen LogP contribution in [0.3, 0.4) is 0 Å². The predicted molar refractivity (Wildman–Crippen MR) is 53.3 cm³/mol. The Kier molecular flexibility index (Phi) is 3.41. The molecule has 0 aromatic carbocycles. The number of carbonyl (C=O) groups is 2. The zero-order valence-electron chi connectivity index (χ0n) is 7.73. The highest BCUT2D eigenvalue weighted by Crippen LogP contribution is 2.11. The zero-order valence-corrected chi connectivity index (χ0v) is 7.73. The average Bonchev–Trinajstić information content (AvgIpc) is 2.18. The third-order valence-corrected chi connectivity index (χ3v) is 1.56. The number of pyridine rings is 1. The van der Waals surface area contributed by atoms with Crippen molar-refractivity contribution in [3.8, 4) is 12.3 Å². The Bertz CT molecular complexity index is 435. The smallest absolute Gasteiger partial charge is 0.339 e. The number of hydrogen-bond donors (Lipinski definition) is 2. The number of carbonyl (C=O) groups excluding carboxylic acids is 1. The van der Waals surface area contributed by atoms with Crippen molar-refractivity contribution in [1.29, 1.82) is 0 Å². The average molecular weight is 204 g/mol. The van der Waals surface area contributed by atoms with Crippen LogP contribution in [-0.2, 0) is 4.79 Å². The number of amides is 1. The number of terminal acetylenes is 1. The van der Waals surface area contributed by atoms with Crippen LogP contribution in [0.25, 0.3) is 0 Å². The molecule has 0 radical (unpaired) electrons. The summed E-state index contributed by atoms with van der Waals surface area (Å²) in [5.74, 6) is 0.541. The second-order valence-corrected chi connectivity index (χ2v) is 2.63. The van der Waals surface area contributed by atoms with E-state index in [1.807, 2.05) is 0 Å². The van der Waals surface area contributed by atoms with E-state index in [1.54, 1.807) is 0 Å². The number of carboxylic acids is 1. The van der Waals surface area contributed by atoms with Crippen LogP contribution in [0.4, 0.5) is 5.82 Å². The zero-order chi connectivity index (χ0) is 11.3. The van der Waals surface area contributed by atoms with Crippen LogP contribution in [0.1, 0.15) is 16.8 Å². The number of hydrogen-bond acceptors (Lipinski definition) is 3. The Balaban J connectivity index is 2.90. The molecule has 5 heteroatoms. The SMILES string of the molecule is C#CCC(=O)Nc1ncccc1C(=O)O. The maximum absolute atomic E-state index is 11.1. The molecule has 0 aliphatic carbocycles. The standard InChI is InChI=1S/C10H8N2O3/c1-2-4-8(13)12-9-7(10(14)15)5-3-6-11-9/h1,3,5-6H,4H2,(H,14,15)(H,11,12,13). The lowest BCUT2D eigenvalue weighted by molar-refractivity contribution is -0.115. The van der Waals surface area contributed by atoms with Gasteiger partial charge in [-0.25, -0.2) is 9.78 Å². The summed E-state index contributed by atoms with van der Waals surface area (Å²) in [6.07, 6.45) is 6.20. The first-order valence-corrected chi connectivity index (χ1v) is 4.06. The summed E-state index contributed by atoms with van der Waals surface area (Å²) < 4.78 is 0. The molecule has 1 aromatic rings. The highest BCUT2D eigenvalue weighted by Gasteiger charge is 2.12. The summed E-state index contributed by atoms with van der Waals surface area (Å²) in [6, 6.07) is 2.82. The normalized spacial score (nSPS) is 9.00. The molecule has 1 rings (SSSR count). The van der Waals surface area contributed by atoms with Gasteiger partial charge in [0.05, 0.1) is 6.42 Å². The van der Waals surface area contributed by atoms with Gasteiger partial charge in [-0.15, -0.1) is 6.42 Å². The van der Waals surface area contributed by atoms with E-state index < -0.39 is 11.9 Å². The molecule has 0 bridgehead atoms. The van der Waals surface area contributed by atoms with Gasteiger partial charge in [-0.2, -0.15) is 0 Å². The van der Waals surface area contributed by atoms with E-state index in [0.29, 0.717) is 0 Å². The fraction of sp³-hybridized carbons (Fsp3) is 0.100. The first-order chi connectivity index (χ1) is 7.15. The fourth-order valence-corrected chi connectivity index (χ4v) is 0.946. The third-order valence-electron chi connectivity index (χ3n) is 1.56. The number of nitrogens with zero attached hydrogens (tertiary/aromatic N) is 1. The third kappa shape index (κ3) is 2.81. The number of aromatic carboxylic acids is 1. The number of rotatable bonds is 3. The summed E-state index contributed by atoms with van der Waals surface area (Å²) in [5, 5.41) is 11.1. The van der Waals surface area contributed by atoms with Crippen LogP contribution in [0, 0.1) is 12.3 Å². The summed E-state index contributed by atoms with van der Waals surface area (Å²) in [4.78, 5) is 25.6. The summed E-state index contributed by atoms with van der Waals surface area (Å²) >= 11 is 0. The lowest BCUT2D eigenvalue weighted by atomic mass is 10.2. The minimum Gasteiger partial charge on any atom is -0.478 e. The predicted octanol–water partition coefficient (Wildman–Crippen LogP) is 0.742. The van der Waals surface area contributed by atoms with E-state index in [-0.39, 0.29) is 17.8 Å². The monoisotopic (exact) mass is 204 g/mol. The number of anilines is 1. The molecule has 1 aromatic heterocycles. The van der Waals surface area contributed by atoms with Crippen LogP contribution >= 0.6 is 0 Å². The molecule has 76 valence electrons. The largest absolute Gasteiger partial charge is 0.478 e. The maximum atomic E-state index is 11.1. The van der Waals surface area contributed by atoms with Crippen molar-refractivity contribution in [1.82, 2.24) is 4.98 Å². The summed E-state index contributed by atoms with van der Waals surface area (Å²) in [6.45, 7) is 0. The Morgan fingerprint density at radius 1 is 1.60 bits per heavy atom. The van der Waals surface area contributed by atoms with E-state index in [0.717, 1.165) is 0 Å². The van der Waals surface area contributed by atoms with Gasteiger partial charge in [-0.3, -0.25) is 4.79 Å². The van der Waals surface area contributed by atoms with E-state index >= 15 is 0 Å². The molecule has 0 aliphatic heterocycles. The molecule has 0 saturated heterocycles. The van der Waals surface area contributed by atoms with Crippen molar-refractivity contribution < 1.29 is 14.7 Å². The van der Waals surface area contributed by atoms with E-state index in [2.05, 4.69) is 16.2 Å². The molecule has 2 N–H and O–H groups in total. The van der Waals surface area contributed by atoms with Crippen molar-refractivity contribution in [3.63, 3.8) is 0 Å². The van der Waals surface area contributed by atoms with Gasteiger partial charge >= 0.3 is 5.97 Å². The Morgan fingerprint density at radius 2 is 2.33 bits per heavy atom. The van der Waals surface area contributed by atoms with E-state index in [1.165, 1.54) is 18.3 Å². The molecular formula is C10H8N2O3. The van der Waals surface area contributed by atoms with E-state index in [4.69, 9.17) is 11.5 Å². The lowest BCUT2D eigenvalue weighted by Crippen LogP contribution is -2.14. The number of carboxylic acid groups (broad SMARTS) is 1. The Labute approximate surface area is 86.1 Å². The van der Waals surface area contributed by atoms with Crippen LogP contribution < -0.4 is 5.32 Å². The molecular weight excluding hydrogens is 196 g/mol. The molecule has 5 nitrogen and oxygen atoms in total. The molecule has 0 saturated carbocycles. The molecule has 0 atom stereocenters. The molecule has 0 fully saturated rings. The van der Waals surface area contributed by atoms with Crippen LogP contribution in [-0.4, -0.2) is 22.0 Å². The summed E-state index contributed by atoms with van der Waals surface area (Å²) in [5.41, 5.74) is -0.0668. The molecule has 15 heavy (non-hydrogen) atoms. The van der Waals surface area contributed by atoms with Gasteiger partial charge < -0.3 is 10.4 Å². The molecule has 0 unspecified atom stereocenters. The summed E-state index contributed by atoms with van der Waals surface area (Å²) in [7, 11) is 0. The van der Waals surface area contributed by atoms with E-state index in [9.17, 15) is 9.59 Å². The maximum Gasteiger partial charge on any atom is 0.339 e. The highest BCUT2D eigenvalue weighted by atomic mass is 16.4. The first-order valence-electron chi connectivity index (χ1n) is 4.06. The second kappa shape index (κ2) is 4.77. The lowest BCUT2D eigenvalue weighted by Gasteiger charge is -2.04. The van der Waals surface area contributed by atoms with Crippen LogP contribution in [0.5, 0.6) is 0 Å². The van der Waals surface area contributed by atoms with Gasteiger partial charge in [0.1, 0.15) is 11.4 Å². The topological polar surface area (TPSA) is 79.3 Å². The number of aromatic nitrogens is 1. The van der Waals surface area contributed by atoms with Crippen LogP contribution in [0.15, 0.2) is 18.3 Å². The quantitative estimate of drug-likeness (QED) is 0.712. The molecule has 0 spiro atoms. The first kappa shape index (κ1) is 10.7. The van der Waals surface area contributed by atoms with Crippen molar-refractivity contribution in [2.24, 2.45) is 0 Å². The molecule has 1 heterocycles. The van der Waals surface area contributed by atoms with Crippen molar-refractivity contribution >= 4 is 17.7 Å². The van der Waals surface area contributed by atoms with Gasteiger partial charge in [0.25, 0.3) is 0 Å². The van der Waals surface area contributed by atoms with Gasteiger partial charge in [-0.1, -0.05) is 5.92 Å². The molecule has 1 amide bonds. The van der Waals surface area contributed by atoms with Crippen LogP contribution in [0.2, 0.25) is 0 Å². The number of nitrogens with one attached hydrogen (secondary N) is 1. The molecule has 0 aliphatic rings. The van der Waals surface area contributed by atoms with Crippen molar-refractivity contribution in [3.05, 3.63) is 23.9 Å². The minimum absolute atomic E-state index is 0.00486. The highest BCUT2D eigenvalue weighted by molar-refractivity contribution is 5.99. The Hall–Kier alpha value is -2.35.